The third-order valence-corrected chi connectivity index (χ3v) is 4.67. The Hall–Kier alpha value is -1.27. The van der Waals surface area contributed by atoms with Crippen LogP contribution >= 0.6 is 15.9 Å². The molecule has 0 radical (unpaired) electrons. The second kappa shape index (κ2) is 5.38. The van der Waals surface area contributed by atoms with E-state index in [0.717, 1.165) is 12.1 Å². The van der Waals surface area contributed by atoms with Gasteiger partial charge in [0, 0.05) is 10.0 Å². The van der Waals surface area contributed by atoms with E-state index in [2.05, 4.69) is 15.9 Å². The number of hydrogen-bond donors (Lipinski definition) is 0. The summed E-state index contributed by atoms with van der Waals surface area (Å²) < 4.78 is 51.2. The molecule has 0 aliphatic heterocycles. The van der Waals surface area contributed by atoms with Crippen molar-refractivity contribution in [3.63, 3.8) is 0 Å². The van der Waals surface area contributed by atoms with Crippen LogP contribution in [0.3, 0.4) is 0 Å². The van der Waals surface area contributed by atoms with Crippen molar-refractivity contribution >= 4 is 25.8 Å². The van der Waals surface area contributed by atoms with Gasteiger partial charge in [-0.1, -0.05) is 28.1 Å². The first-order chi connectivity index (χ1) is 8.88. The van der Waals surface area contributed by atoms with Crippen molar-refractivity contribution in [1.82, 2.24) is 0 Å². The van der Waals surface area contributed by atoms with Crippen molar-refractivity contribution in [3.8, 4) is 0 Å². The molecule has 0 atom stereocenters. The van der Waals surface area contributed by atoms with Crippen LogP contribution in [0.2, 0.25) is 0 Å². The molecule has 0 aliphatic rings. The summed E-state index contributed by atoms with van der Waals surface area (Å²) in [6, 6.07) is 8.80. The summed E-state index contributed by atoms with van der Waals surface area (Å²) in [5.41, 5.74) is 0.0486. The Bertz CT molecular complexity index is 714. The lowest BCUT2D eigenvalue weighted by molar-refractivity contribution is 0.583. The van der Waals surface area contributed by atoms with E-state index in [-0.39, 0.29) is 10.5 Å². The van der Waals surface area contributed by atoms with E-state index in [1.54, 1.807) is 6.07 Å². The van der Waals surface area contributed by atoms with E-state index < -0.39 is 27.2 Å². The van der Waals surface area contributed by atoms with Gasteiger partial charge in [0.25, 0.3) is 0 Å². The lowest BCUT2D eigenvalue weighted by Crippen LogP contribution is -2.06. The summed E-state index contributed by atoms with van der Waals surface area (Å²) in [6.07, 6.45) is 0. The Morgan fingerprint density at radius 1 is 1.05 bits per heavy atom. The average Bonchev–Trinajstić information content (AvgIpc) is 2.33. The van der Waals surface area contributed by atoms with Crippen LogP contribution in [0, 0.1) is 11.6 Å². The quantitative estimate of drug-likeness (QED) is 0.849. The van der Waals surface area contributed by atoms with Crippen LogP contribution in [0.25, 0.3) is 0 Å². The van der Waals surface area contributed by atoms with Gasteiger partial charge in [0.15, 0.2) is 9.84 Å². The molecule has 0 amide bonds. The van der Waals surface area contributed by atoms with Crippen molar-refractivity contribution in [1.29, 1.82) is 0 Å². The van der Waals surface area contributed by atoms with E-state index >= 15 is 0 Å². The topological polar surface area (TPSA) is 34.1 Å². The minimum atomic E-state index is -3.77. The van der Waals surface area contributed by atoms with Crippen LogP contribution in [0.1, 0.15) is 5.56 Å². The summed E-state index contributed by atoms with van der Waals surface area (Å²) in [4.78, 5) is -0.158. The number of rotatable bonds is 3. The predicted molar refractivity (Wildman–Crippen MR) is 71.4 cm³/mol. The number of sulfone groups is 1. The van der Waals surface area contributed by atoms with Crippen LogP contribution in [0.15, 0.2) is 51.8 Å². The molecule has 0 unspecified atom stereocenters. The lowest BCUT2D eigenvalue weighted by atomic mass is 10.2. The van der Waals surface area contributed by atoms with E-state index in [4.69, 9.17) is 0 Å². The smallest absolute Gasteiger partial charge is 0.182 e. The molecular formula is C13H9BrF2O2S. The first kappa shape index (κ1) is 14.1. The van der Waals surface area contributed by atoms with Gasteiger partial charge in [0.1, 0.15) is 11.6 Å². The first-order valence-corrected chi connectivity index (χ1v) is 7.75. The molecule has 0 bridgehead atoms. The van der Waals surface area contributed by atoms with E-state index in [0.29, 0.717) is 4.47 Å². The van der Waals surface area contributed by atoms with Crippen molar-refractivity contribution in [2.45, 2.75) is 10.6 Å². The summed E-state index contributed by atoms with van der Waals surface area (Å²) in [6.45, 7) is 0. The van der Waals surface area contributed by atoms with Gasteiger partial charge in [-0.15, -0.1) is 0 Å². The standard InChI is InChI=1S/C13H9BrF2O2S/c14-10-5-4-9(13(16)6-10)8-19(17,18)12-3-1-2-11(15)7-12/h1-7H,8H2. The molecule has 2 rings (SSSR count). The minimum Gasteiger partial charge on any atom is -0.223 e. The second-order valence-corrected chi connectivity index (χ2v) is 6.86. The molecule has 2 aromatic rings. The molecule has 0 N–H and O–H groups in total. The van der Waals surface area contributed by atoms with Gasteiger partial charge in [0.2, 0.25) is 0 Å². The minimum absolute atomic E-state index is 0.0486. The Morgan fingerprint density at radius 2 is 1.79 bits per heavy atom. The molecule has 0 spiro atoms. The van der Waals surface area contributed by atoms with Crippen molar-refractivity contribution in [2.24, 2.45) is 0 Å². The van der Waals surface area contributed by atoms with E-state index in [9.17, 15) is 17.2 Å². The van der Waals surface area contributed by atoms with Crippen LogP contribution in [0.5, 0.6) is 0 Å². The van der Waals surface area contributed by atoms with E-state index in [1.807, 2.05) is 0 Å². The molecule has 2 nitrogen and oxygen atoms in total. The molecule has 0 aromatic heterocycles. The van der Waals surface area contributed by atoms with Gasteiger partial charge in [-0.2, -0.15) is 0 Å². The largest absolute Gasteiger partial charge is 0.223 e. The fourth-order valence-corrected chi connectivity index (χ4v) is 3.31. The average molecular weight is 347 g/mol. The van der Waals surface area contributed by atoms with Crippen LogP contribution < -0.4 is 0 Å². The maximum atomic E-state index is 13.6. The molecule has 0 saturated heterocycles. The summed E-state index contributed by atoms with van der Waals surface area (Å²) in [5, 5.41) is 0. The molecule has 0 saturated carbocycles. The molecular weight excluding hydrogens is 338 g/mol. The second-order valence-electron chi connectivity index (χ2n) is 3.95. The monoisotopic (exact) mass is 346 g/mol. The van der Waals surface area contributed by atoms with Gasteiger partial charge >= 0.3 is 0 Å². The maximum absolute atomic E-state index is 13.6. The van der Waals surface area contributed by atoms with Gasteiger partial charge in [-0.05, 0) is 30.3 Å². The van der Waals surface area contributed by atoms with E-state index in [1.165, 1.54) is 24.3 Å². The van der Waals surface area contributed by atoms with Crippen LogP contribution in [-0.2, 0) is 15.6 Å². The highest BCUT2D eigenvalue weighted by atomic mass is 79.9. The zero-order valence-corrected chi connectivity index (χ0v) is 12.0. The highest BCUT2D eigenvalue weighted by Crippen LogP contribution is 2.21. The SMILES string of the molecule is O=S(=O)(Cc1ccc(Br)cc1F)c1cccc(F)c1. The van der Waals surface area contributed by atoms with Gasteiger partial charge in [-0.3, -0.25) is 0 Å². The molecule has 0 heterocycles. The number of benzene rings is 2. The van der Waals surface area contributed by atoms with Crippen LogP contribution in [-0.4, -0.2) is 8.42 Å². The lowest BCUT2D eigenvalue weighted by Gasteiger charge is -2.06. The van der Waals surface area contributed by atoms with Crippen LogP contribution in [0.4, 0.5) is 8.78 Å². The Morgan fingerprint density at radius 3 is 2.42 bits per heavy atom. The molecule has 0 fully saturated rings. The highest BCUT2D eigenvalue weighted by molar-refractivity contribution is 9.10. The molecule has 6 heteroatoms. The molecule has 19 heavy (non-hydrogen) atoms. The third-order valence-electron chi connectivity index (χ3n) is 2.52. The summed E-state index contributed by atoms with van der Waals surface area (Å²) >= 11 is 3.09. The Kier molecular flexibility index (Phi) is 4.01. The van der Waals surface area contributed by atoms with Gasteiger partial charge in [-0.25, -0.2) is 17.2 Å². The van der Waals surface area contributed by atoms with Crippen molar-refractivity contribution in [3.05, 3.63) is 64.1 Å². The van der Waals surface area contributed by atoms with Gasteiger partial charge in [0.05, 0.1) is 10.6 Å². The number of halogens is 3. The number of hydrogen-bond acceptors (Lipinski definition) is 2. The highest BCUT2D eigenvalue weighted by Gasteiger charge is 2.18. The van der Waals surface area contributed by atoms with Gasteiger partial charge < -0.3 is 0 Å². The molecule has 0 aliphatic carbocycles. The first-order valence-electron chi connectivity index (χ1n) is 5.31. The van der Waals surface area contributed by atoms with Crippen molar-refractivity contribution < 1.29 is 17.2 Å². The Labute approximate surface area is 118 Å². The zero-order chi connectivity index (χ0) is 14.0. The normalized spacial score (nSPS) is 11.5. The fraction of sp³-hybridized carbons (Fsp3) is 0.0769. The fourth-order valence-electron chi connectivity index (χ4n) is 1.59. The zero-order valence-electron chi connectivity index (χ0n) is 9.61. The maximum Gasteiger partial charge on any atom is 0.182 e. The molecule has 100 valence electrons. The predicted octanol–water partition coefficient (Wildman–Crippen LogP) is 3.70. The summed E-state index contributed by atoms with van der Waals surface area (Å²) in [5.74, 6) is -1.76. The third kappa shape index (κ3) is 3.39. The molecule has 2 aromatic carbocycles. The van der Waals surface area contributed by atoms with Crippen molar-refractivity contribution in [2.75, 3.05) is 0 Å². The Balaban J connectivity index is 2.36. The summed E-state index contributed by atoms with van der Waals surface area (Å²) in [7, 11) is -3.77.